The minimum atomic E-state index is -0.345. The van der Waals surface area contributed by atoms with Crippen molar-refractivity contribution >= 4 is 40.6 Å². The first-order chi connectivity index (χ1) is 14.3. The van der Waals surface area contributed by atoms with Crippen molar-refractivity contribution < 1.29 is 9.59 Å². The van der Waals surface area contributed by atoms with E-state index in [9.17, 15) is 9.59 Å². The van der Waals surface area contributed by atoms with Crippen LogP contribution >= 0.6 is 23.2 Å². The van der Waals surface area contributed by atoms with E-state index in [0.717, 1.165) is 28.0 Å². The van der Waals surface area contributed by atoms with Gasteiger partial charge in [-0.1, -0.05) is 17.7 Å². The van der Waals surface area contributed by atoms with E-state index in [2.05, 4.69) is 20.6 Å². The van der Waals surface area contributed by atoms with Crippen LogP contribution in [0.25, 0.3) is 5.57 Å². The molecule has 0 saturated heterocycles. The molecular weight excluding hydrogens is 423 g/mol. The molecule has 0 spiro atoms. The summed E-state index contributed by atoms with van der Waals surface area (Å²) < 4.78 is 0. The molecule has 0 unspecified atom stereocenters. The van der Waals surface area contributed by atoms with E-state index in [0.29, 0.717) is 24.4 Å². The summed E-state index contributed by atoms with van der Waals surface area (Å²) in [5, 5.41) is 5.70. The molecule has 2 amide bonds. The van der Waals surface area contributed by atoms with Gasteiger partial charge in [0.25, 0.3) is 5.91 Å². The summed E-state index contributed by atoms with van der Waals surface area (Å²) in [5.74, 6) is -0.359. The summed E-state index contributed by atoms with van der Waals surface area (Å²) in [6, 6.07) is 5.26. The molecule has 0 fully saturated rings. The molecule has 3 heterocycles. The lowest BCUT2D eigenvalue weighted by Crippen LogP contribution is -2.31. The standard InChI is InChI=1S/C22H22Cl2N4O2/c1-13(8-16-5-6-19(29)28-20(16)14(2)23)17-9-15(10-25-12-17)11-27-22(30)21-18(24)4-3-7-26-21/h3-4,7-10,12,14H,5-6,11H2,1-2H3,(H,27,30)(H,28,29)/b13-8+/t14-/m0/s1. The second kappa shape index (κ2) is 9.87. The lowest BCUT2D eigenvalue weighted by molar-refractivity contribution is -0.120. The first-order valence-corrected chi connectivity index (χ1v) is 10.3. The van der Waals surface area contributed by atoms with Crippen LogP contribution in [0.4, 0.5) is 0 Å². The van der Waals surface area contributed by atoms with E-state index in [4.69, 9.17) is 23.2 Å². The van der Waals surface area contributed by atoms with Gasteiger partial charge in [-0.3, -0.25) is 14.6 Å². The zero-order valence-corrected chi connectivity index (χ0v) is 18.2. The molecule has 30 heavy (non-hydrogen) atoms. The van der Waals surface area contributed by atoms with Gasteiger partial charge in [0.2, 0.25) is 5.91 Å². The Labute approximate surface area is 185 Å². The van der Waals surface area contributed by atoms with Gasteiger partial charge in [-0.2, -0.15) is 0 Å². The van der Waals surface area contributed by atoms with Crippen molar-refractivity contribution in [2.45, 2.75) is 38.6 Å². The number of alkyl halides is 1. The van der Waals surface area contributed by atoms with Gasteiger partial charge in [0, 0.05) is 37.3 Å². The third kappa shape index (κ3) is 5.46. The molecular formula is C22H22Cl2N4O2. The number of rotatable bonds is 6. The highest BCUT2D eigenvalue weighted by atomic mass is 35.5. The average molecular weight is 445 g/mol. The number of halogens is 2. The summed E-state index contributed by atoms with van der Waals surface area (Å²) in [7, 11) is 0. The van der Waals surface area contributed by atoms with Gasteiger partial charge in [-0.15, -0.1) is 11.6 Å². The van der Waals surface area contributed by atoms with Crippen LogP contribution in [0.5, 0.6) is 0 Å². The molecule has 6 nitrogen and oxygen atoms in total. The fourth-order valence-electron chi connectivity index (χ4n) is 3.14. The number of aromatic nitrogens is 2. The maximum Gasteiger partial charge on any atom is 0.271 e. The summed E-state index contributed by atoms with van der Waals surface area (Å²) in [5.41, 5.74) is 4.70. The monoisotopic (exact) mass is 444 g/mol. The van der Waals surface area contributed by atoms with Gasteiger partial charge in [-0.25, -0.2) is 4.98 Å². The van der Waals surface area contributed by atoms with Gasteiger partial charge >= 0.3 is 0 Å². The SMILES string of the molecule is C/C(=C\C1=C([C@H](C)Cl)NC(=O)CC1)c1cncc(CNC(=O)c2ncccc2Cl)c1. The highest BCUT2D eigenvalue weighted by Crippen LogP contribution is 2.25. The van der Waals surface area contributed by atoms with Crippen LogP contribution in [0, 0.1) is 0 Å². The molecule has 3 rings (SSSR count). The Hall–Kier alpha value is -2.70. The summed E-state index contributed by atoms with van der Waals surface area (Å²) in [4.78, 5) is 32.3. The third-order valence-corrected chi connectivity index (χ3v) is 5.23. The van der Waals surface area contributed by atoms with Crippen LogP contribution in [0.3, 0.4) is 0 Å². The number of hydrogen-bond donors (Lipinski definition) is 2. The van der Waals surface area contributed by atoms with Gasteiger partial charge in [-0.05, 0) is 60.7 Å². The second-order valence-electron chi connectivity index (χ2n) is 7.03. The Bertz CT molecular complexity index is 1030. The van der Waals surface area contributed by atoms with Crippen LogP contribution in [-0.2, 0) is 11.3 Å². The Kier molecular flexibility index (Phi) is 7.24. The van der Waals surface area contributed by atoms with Crippen molar-refractivity contribution in [3.63, 3.8) is 0 Å². The highest BCUT2D eigenvalue weighted by Gasteiger charge is 2.20. The van der Waals surface area contributed by atoms with Gasteiger partial charge in [0.15, 0.2) is 0 Å². The van der Waals surface area contributed by atoms with Crippen LogP contribution in [0.15, 0.2) is 54.1 Å². The van der Waals surface area contributed by atoms with E-state index in [1.54, 1.807) is 24.5 Å². The number of nitrogens with one attached hydrogen (secondary N) is 2. The Balaban J connectivity index is 1.75. The van der Waals surface area contributed by atoms with Crippen LogP contribution < -0.4 is 10.6 Å². The van der Waals surface area contributed by atoms with Gasteiger partial charge < -0.3 is 10.6 Å². The number of carbonyl (C=O) groups is 2. The van der Waals surface area contributed by atoms with E-state index in [1.807, 2.05) is 26.0 Å². The average Bonchev–Trinajstić information content (AvgIpc) is 2.73. The van der Waals surface area contributed by atoms with Crippen molar-refractivity contribution in [2.24, 2.45) is 0 Å². The molecule has 0 bridgehead atoms. The van der Waals surface area contributed by atoms with Gasteiger partial charge in [0.1, 0.15) is 5.69 Å². The maximum absolute atomic E-state index is 12.3. The number of amides is 2. The zero-order chi connectivity index (χ0) is 21.7. The minimum absolute atomic E-state index is 0.0142. The maximum atomic E-state index is 12.3. The van der Waals surface area contributed by atoms with E-state index in [1.165, 1.54) is 6.20 Å². The largest absolute Gasteiger partial charge is 0.347 e. The molecule has 2 N–H and O–H groups in total. The van der Waals surface area contributed by atoms with Crippen molar-refractivity contribution in [3.05, 3.63) is 76.0 Å². The van der Waals surface area contributed by atoms with Crippen molar-refractivity contribution in [2.75, 3.05) is 0 Å². The predicted octanol–water partition coefficient (Wildman–Crippen LogP) is 4.25. The molecule has 8 heteroatoms. The molecule has 2 aromatic rings. The topological polar surface area (TPSA) is 84.0 Å². The second-order valence-corrected chi connectivity index (χ2v) is 8.09. The quantitative estimate of drug-likeness (QED) is 0.651. The van der Waals surface area contributed by atoms with Crippen LogP contribution in [0.2, 0.25) is 5.02 Å². The van der Waals surface area contributed by atoms with Crippen LogP contribution in [-0.4, -0.2) is 27.2 Å². The molecule has 1 atom stereocenters. The van der Waals surface area contributed by atoms with E-state index >= 15 is 0 Å². The van der Waals surface area contributed by atoms with Gasteiger partial charge in [0.05, 0.1) is 10.4 Å². The van der Waals surface area contributed by atoms with Crippen molar-refractivity contribution in [1.29, 1.82) is 0 Å². The fraction of sp³-hybridized carbons (Fsp3) is 0.273. The summed E-state index contributed by atoms with van der Waals surface area (Å²) in [6.07, 6.45) is 8.09. The first-order valence-electron chi connectivity index (χ1n) is 9.53. The molecule has 0 aromatic carbocycles. The molecule has 156 valence electrons. The third-order valence-electron chi connectivity index (χ3n) is 4.71. The molecule has 1 aliphatic heterocycles. The van der Waals surface area contributed by atoms with Crippen molar-refractivity contribution in [3.8, 4) is 0 Å². The number of pyridine rings is 2. The molecule has 0 saturated carbocycles. The van der Waals surface area contributed by atoms with E-state index < -0.39 is 0 Å². The Morgan fingerprint density at radius 2 is 2.17 bits per heavy atom. The Morgan fingerprint density at radius 3 is 2.90 bits per heavy atom. The molecule has 1 aliphatic rings. The summed E-state index contributed by atoms with van der Waals surface area (Å²) in [6.45, 7) is 4.11. The first kappa shape index (κ1) is 22.0. The molecule has 0 aliphatic carbocycles. The molecule has 0 radical (unpaired) electrons. The number of nitrogens with zero attached hydrogens (tertiary/aromatic N) is 2. The number of allylic oxidation sites excluding steroid dienone is 4. The smallest absolute Gasteiger partial charge is 0.271 e. The fourth-order valence-corrected chi connectivity index (χ4v) is 3.55. The van der Waals surface area contributed by atoms with Crippen molar-refractivity contribution in [1.82, 2.24) is 20.6 Å². The lowest BCUT2D eigenvalue weighted by atomic mass is 9.97. The summed E-state index contributed by atoms with van der Waals surface area (Å²) >= 11 is 12.3. The molecule has 2 aromatic heterocycles. The Morgan fingerprint density at radius 1 is 1.37 bits per heavy atom. The predicted molar refractivity (Wildman–Crippen MR) is 118 cm³/mol. The van der Waals surface area contributed by atoms with E-state index in [-0.39, 0.29) is 22.9 Å². The number of hydrogen-bond acceptors (Lipinski definition) is 4. The lowest BCUT2D eigenvalue weighted by Gasteiger charge is -2.21. The normalized spacial score (nSPS) is 15.6. The number of carbonyl (C=O) groups excluding carboxylic acids is 2. The van der Waals surface area contributed by atoms with Crippen LogP contribution in [0.1, 0.15) is 48.3 Å². The highest BCUT2D eigenvalue weighted by molar-refractivity contribution is 6.33. The minimum Gasteiger partial charge on any atom is -0.347 e. The zero-order valence-electron chi connectivity index (χ0n) is 16.7.